The lowest BCUT2D eigenvalue weighted by molar-refractivity contribution is 0.601. The molecule has 6 heteroatoms. The van der Waals surface area contributed by atoms with E-state index >= 15 is 0 Å². The Hall–Kier alpha value is -1.01. The van der Waals surface area contributed by atoms with Crippen molar-refractivity contribution >= 4 is 32.5 Å². The van der Waals surface area contributed by atoms with E-state index in [0.717, 1.165) is 11.3 Å². The number of aryl methyl sites for hydroxylation is 1. The highest BCUT2D eigenvalue weighted by molar-refractivity contribution is 8.15. The lowest BCUT2D eigenvalue weighted by Gasteiger charge is -2.25. The minimum Gasteiger partial charge on any atom is -0.316 e. The highest BCUT2D eigenvalue weighted by Crippen LogP contribution is 2.40. The van der Waals surface area contributed by atoms with Crippen LogP contribution in [0.1, 0.15) is 5.56 Å². The van der Waals surface area contributed by atoms with Crippen LogP contribution in [0.5, 0.6) is 0 Å². The molecular weight excluding hydrogens is 268 g/mol. The third-order valence-electron chi connectivity index (χ3n) is 3.46. The van der Waals surface area contributed by atoms with Gasteiger partial charge in [0, 0.05) is 10.9 Å². The van der Waals surface area contributed by atoms with Gasteiger partial charge in [0.25, 0.3) is 0 Å². The number of amidine groups is 1. The molecule has 0 saturated carbocycles. The summed E-state index contributed by atoms with van der Waals surface area (Å²) in [6.07, 6.45) is 0. The molecule has 0 aliphatic carbocycles. The van der Waals surface area contributed by atoms with Crippen molar-refractivity contribution in [3.63, 3.8) is 0 Å². The Morgan fingerprint density at radius 2 is 2.06 bits per heavy atom. The van der Waals surface area contributed by atoms with E-state index < -0.39 is 9.84 Å². The molecule has 96 valence electrons. The first-order chi connectivity index (χ1) is 8.48. The fourth-order valence-corrected chi connectivity index (χ4v) is 6.41. The highest BCUT2D eigenvalue weighted by atomic mass is 32.2. The lowest BCUT2D eigenvalue weighted by Crippen LogP contribution is -2.37. The van der Waals surface area contributed by atoms with Crippen molar-refractivity contribution in [2.24, 2.45) is 0 Å². The molecule has 1 N–H and O–H groups in total. The summed E-state index contributed by atoms with van der Waals surface area (Å²) in [4.78, 5) is 1.88. The number of fused-ring (bicyclic) bond motifs is 1. The number of hydrogen-bond donors (Lipinski definition) is 1. The number of anilines is 1. The fraction of sp³-hybridized carbons (Fsp3) is 0.417. The lowest BCUT2D eigenvalue weighted by atomic mass is 10.1. The van der Waals surface area contributed by atoms with Crippen molar-refractivity contribution in [1.82, 2.24) is 0 Å². The summed E-state index contributed by atoms with van der Waals surface area (Å²) in [6, 6.07) is 7.75. The molecule has 2 aliphatic heterocycles. The van der Waals surface area contributed by atoms with Gasteiger partial charge in [0.05, 0.1) is 17.5 Å². The summed E-state index contributed by atoms with van der Waals surface area (Å²) in [5.41, 5.74) is 2.03. The third kappa shape index (κ3) is 1.83. The van der Waals surface area contributed by atoms with Crippen LogP contribution in [-0.2, 0) is 9.84 Å². The number of nitrogens with one attached hydrogen (secondary N) is 1. The van der Waals surface area contributed by atoms with Gasteiger partial charge < -0.3 is 4.90 Å². The van der Waals surface area contributed by atoms with Crippen molar-refractivity contribution < 1.29 is 8.42 Å². The van der Waals surface area contributed by atoms with Crippen LogP contribution in [0.4, 0.5) is 5.69 Å². The van der Waals surface area contributed by atoms with Crippen LogP contribution in [0.3, 0.4) is 0 Å². The van der Waals surface area contributed by atoms with Crippen LogP contribution in [0.2, 0.25) is 0 Å². The van der Waals surface area contributed by atoms with E-state index in [1.807, 2.05) is 36.1 Å². The summed E-state index contributed by atoms with van der Waals surface area (Å²) < 4.78 is 23.4. The molecule has 2 fully saturated rings. The number of nitrogens with zero attached hydrogens (tertiary/aromatic N) is 1. The minimum absolute atomic E-state index is 0.0158. The number of sulfone groups is 1. The maximum atomic E-state index is 11.7. The first-order valence-corrected chi connectivity index (χ1v) is 8.48. The van der Waals surface area contributed by atoms with Crippen LogP contribution in [-0.4, -0.2) is 36.4 Å². The van der Waals surface area contributed by atoms with Crippen molar-refractivity contribution in [2.75, 3.05) is 16.4 Å². The Bertz CT molecular complexity index is 612. The van der Waals surface area contributed by atoms with E-state index in [1.54, 1.807) is 0 Å². The van der Waals surface area contributed by atoms with Crippen molar-refractivity contribution in [1.29, 1.82) is 5.41 Å². The summed E-state index contributed by atoms with van der Waals surface area (Å²) in [5.74, 6) is 0.370. The quantitative estimate of drug-likeness (QED) is 0.851. The molecule has 2 saturated heterocycles. The zero-order valence-electron chi connectivity index (χ0n) is 9.96. The van der Waals surface area contributed by atoms with Crippen molar-refractivity contribution in [2.45, 2.75) is 18.2 Å². The Morgan fingerprint density at radius 3 is 2.78 bits per heavy atom. The van der Waals surface area contributed by atoms with Gasteiger partial charge in [-0.05, 0) is 18.6 Å². The molecular formula is C12H14N2O2S2. The number of benzene rings is 1. The van der Waals surface area contributed by atoms with Gasteiger partial charge in [0.2, 0.25) is 0 Å². The van der Waals surface area contributed by atoms with Crippen LogP contribution in [0.15, 0.2) is 24.3 Å². The zero-order chi connectivity index (χ0) is 12.9. The number of hydrogen-bond acceptors (Lipinski definition) is 4. The summed E-state index contributed by atoms with van der Waals surface area (Å²) in [6.45, 7) is 1.99. The Balaban J connectivity index is 2.02. The fourth-order valence-electron chi connectivity index (χ4n) is 2.62. The van der Waals surface area contributed by atoms with Crippen LogP contribution in [0, 0.1) is 12.3 Å². The van der Waals surface area contributed by atoms with Crippen LogP contribution >= 0.6 is 11.8 Å². The molecule has 0 radical (unpaired) electrons. The van der Waals surface area contributed by atoms with Crippen molar-refractivity contribution in [3.8, 4) is 0 Å². The van der Waals surface area contributed by atoms with Gasteiger partial charge in [-0.3, -0.25) is 5.41 Å². The van der Waals surface area contributed by atoms with Gasteiger partial charge in [-0.25, -0.2) is 8.42 Å². The number of rotatable bonds is 1. The summed E-state index contributed by atoms with van der Waals surface area (Å²) in [5, 5.41) is 8.54. The van der Waals surface area contributed by atoms with Crippen molar-refractivity contribution in [3.05, 3.63) is 29.8 Å². The van der Waals surface area contributed by atoms with E-state index in [4.69, 9.17) is 5.41 Å². The molecule has 0 bridgehead atoms. The molecule has 2 atom stereocenters. The monoisotopic (exact) mass is 282 g/mol. The normalized spacial score (nSPS) is 29.6. The largest absolute Gasteiger partial charge is 0.316 e. The first kappa shape index (κ1) is 12.0. The van der Waals surface area contributed by atoms with E-state index in [1.165, 1.54) is 11.8 Å². The van der Waals surface area contributed by atoms with Gasteiger partial charge in [0.15, 0.2) is 15.0 Å². The number of para-hydroxylation sites is 1. The molecule has 3 rings (SSSR count). The predicted octanol–water partition coefficient (Wildman–Crippen LogP) is 1.65. The second-order valence-corrected chi connectivity index (χ2v) is 8.14. The Labute approximate surface area is 111 Å². The average molecular weight is 282 g/mol. The van der Waals surface area contributed by atoms with Gasteiger partial charge in [0.1, 0.15) is 0 Å². The van der Waals surface area contributed by atoms with Gasteiger partial charge >= 0.3 is 0 Å². The zero-order valence-corrected chi connectivity index (χ0v) is 11.6. The maximum absolute atomic E-state index is 11.7. The molecule has 0 aromatic heterocycles. The molecule has 1 aromatic carbocycles. The molecule has 2 heterocycles. The van der Waals surface area contributed by atoms with E-state index in [9.17, 15) is 8.42 Å². The first-order valence-electron chi connectivity index (χ1n) is 5.78. The van der Waals surface area contributed by atoms with E-state index in [-0.39, 0.29) is 22.8 Å². The van der Waals surface area contributed by atoms with Gasteiger partial charge in [-0.2, -0.15) is 0 Å². The number of thioether (sulfide) groups is 1. The van der Waals surface area contributed by atoms with E-state index in [0.29, 0.717) is 5.17 Å². The predicted molar refractivity (Wildman–Crippen MR) is 75.2 cm³/mol. The molecule has 2 aliphatic rings. The molecule has 0 unspecified atom stereocenters. The summed E-state index contributed by atoms with van der Waals surface area (Å²) >= 11 is 1.38. The standard InChI is InChI=1S/C12H14N2O2S2/c1-8-4-2-3-5-9(8)14-10-6-18(15,16)7-11(10)17-12(14)13/h2-5,10-11,13H,6-7H2,1H3/t10-,11-/m0/s1. The second kappa shape index (κ2) is 3.99. The van der Waals surface area contributed by atoms with Gasteiger partial charge in [-0.15, -0.1) is 0 Å². The Kier molecular flexibility index (Phi) is 2.67. The molecule has 18 heavy (non-hydrogen) atoms. The molecule has 4 nitrogen and oxygen atoms in total. The molecule has 1 aromatic rings. The Morgan fingerprint density at radius 1 is 1.33 bits per heavy atom. The minimum atomic E-state index is -2.94. The SMILES string of the molecule is Cc1ccccc1N1C(=N)S[C@H]2CS(=O)(=O)C[C@@H]21. The smallest absolute Gasteiger partial charge is 0.161 e. The van der Waals surface area contributed by atoms with Crippen LogP contribution in [0.25, 0.3) is 0 Å². The molecule has 0 amide bonds. The third-order valence-corrected chi connectivity index (χ3v) is 6.59. The second-order valence-electron chi connectivity index (χ2n) is 4.76. The van der Waals surface area contributed by atoms with Gasteiger partial charge in [-0.1, -0.05) is 30.0 Å². The average Bonchev–Trinajstić information content (AvgIpc) is 2.70. The highest BCUT2D eigenvalue weighted by Gasteiger charge is 2.48. The topological polar surface area (TPSA) is 61.2 Å². The van der Waals surface area contributed by atoms with E-state index in [2.05, 4.69) is 0 Å². The molecule has 0 spiro atoms. The van der Waals surface area contributed by atoms with Crippen LogP contribution < -0.4 is 4.90 Å². The summed E-state index contributed by atoms with van der Waals surface area (Å²) in [7, 11) is -2.94. The maximum Gasteiger partial charge on any atom is 0.161 e.